The van der Waals surface area contributed by atoms with E-state index in [4.69, 9.17) is 4.74 Å². The third-order valence-electron chi connectivity index (χ3n) is 4.30. The first-order chi connectivity index (χ1) is 11.8. The van der Waals surface area contributed by atoms with Crippen LogP contribution in [0.15, 0.2) is 5.57 Å². The molecule has 0 bridgehead atoms. The molecule has 25 heavy (non-hydrogen) atoms. The lowest BCUT2D eigenvalue weighted by molar-refractivity contribution is -0.138. The Kier molecular flexibility index (Phi) is 6.01. The van der Waals surface area contributed by atoms with Crippen LogP contribution in [0.2, 0.25) is 0 Å². The van der Waals surface area contributed by atoms with Gasteiger partial charge in [-0.2, -0.15) is 10.4 Å². The summed E-state index contributed by atoms with van der Waals surface area (Å²) >= 11 is 0. The van der Waals surface area contributed by atoms with Crippen molar-refractivity contribution in [2.45, 2.75) is 46.1 Å². The van der Waals surface area contributed by atoms with Crippen molar-refractivity contribution in [1.82, 2.24) is 9.78 Å². The zero-order valence-corrected chi connectivity index (χ0v) is 15.6. The lowest BCUT2D eigenvalue weighted by atomic mass is 10.1. The van der Waals surface area contributed by atoms with Crippen LogP contribution < -0.4 is 0 Å². The van der Waals surface area contributed by atoms with Crippen LogP contribution in [0.5, 0.6) is 0 Å². The highest BCUT2D eigenvalue weighted by atomic mass is 32.2. The predicted octanol–water partition coefficient (Wildman–Crippen LogP) is 2.11. The molecular weight excluding hydrogens is 342 g/mol. The Hall–Kier alpha value is -2.14. The summed E-state index contributed by atoms with van der Waals surface area (Å²) in [6, 6.07) is 1.68. The molecule has 0 unspecified atom stereocenters. The van der Waals surface area contributed by atoms with Gasteiger partial charge in [-0.1, -0.05) is 13.3 Å². The summed E-state index contributed by atoms with van der Waals surface area (Å²) in [4.78, 5) is 12.0. The van der Waals surface area contributed by atoms with Crippen LogP contribution in [0.1, 0.15) is 49.2 Å². The number of sulfone groups is 1. The first-order valence-corrected chi connectivity index (χ1v) is 10.2. The van der Waals surface area contributed by atoms with Crippen molar-refractivity contribution in [3.63, 3.8) is 0 Å². The normalized spacial score (nSPS) is 19.6. The molecule has 7 nitrogen and oxygen atoms in total. The Morgan fingerprint density at radius 2 is 2.20 bits per heavy atom. The Morgan fingerprint density at radius 3 is 2.76 bits per heavy atom. The van der Waals surface area contributed by atoms with Gasteiger partial charge in [-0.25, -0.2) is 13.2 Å². The third-order valence-corrected chi connectivity index (χ3v) is 6.05. The molecule has 2 heterocycles. The molecule has 0 spiro atoms. The van der Waals surface area contributed by atoms with Gasteiger partial charge >= 0.3 is 5.97 Å². The lowest BCUT2D eigenvalue weighted by Crippen LogP contribution is -2.14. The largest absolute Gasteiger partial charge is 0.462 e. The fourth-order valence-corrected chi connectivity index (χ4v) is 4.57. The van der Waals surface area contributed by atoms with E-state index in [1.54, 1.807) is 11.6 Å². The molecule has 0 N–H and O–H groups in total. The van der Waals surface area contributed by atoms with Gasteiger partial charge in [0.15, 0.2) is 9.84 Å². The first kappa shape index (κ1) is 19.2. The van der Waals surface area contributed by atoms with Crippen molar-refractivity contribution >= 4 is 21.9 Å². The molecule has 1 saturated heterocycles. The smallest absolute Gasteiger partial charge is 0.348 e. The average Bonchev–Trinajstić information content (AvgIpc) is 3.05. The summed E-state index contributed by atoms with van der Waals surface area (Å²) in [5.74, 6) is -0.414. The summed E-state index contributed by atoms with van der Waals surface area (Å²) in [5.41, 5.74) is 1.97. The molecule has 1 aromatic rings. The molecule has 1 aliphatic heterocycles. The number of hydrogen-bond donors (Lipinski definition) is 0. The van der Waals surface area contributed by atoms with Gasteiger partial charge in [0.2, 0.25) is 0 Å². The number of aryl methyl sites for hydroxylation is 1. The molecule has 0 aromatic carbocycles. The minimum Gasteiger partial charge on any atom is -0.462 e. The molecule has 2 rings (SSSR count). The van der Waals surface area contributed by atoms with Crippen LogP contribution in [-0.4, -0.2) is 42.3 Å². The highest BCUT2D eigenvalue weighted by molar-refractivity contribution is 7.91. The van der Waals surface area contributed by atoms with Gasteiger partial charge in [0.05, 0.1) is 29.8 Å². The van der Waals surface area contributed by atoms with Crippen molar-refractivity contribution in [3.05, 3.63) is 22.5 Å². The maximum Gasteiger partial charge on any atom is 0.348 e. The van der Waals surface area contributed by atoms with Crippen LogP contribution in [0.25, 0.3) is 6.08 Å². The Morgan fingerprint density at radius 1 is 1.48 bits per heavy atom. The molecule has 0 saturated carbocycles. The van der Waals surface area contributed by atoms with E-state index < -0.39 is 15.8 Å². The van der Waals surface area contributed by atoms with Crippen LogP contribution in [0.4, 0.5) is 0 Å². The van der Waals surface area contributed by atoms with Crippen LogP contribution >= 0.6 is 0 Å². The highest BCUT2D eigenvalue weighted by Gasteiger charge is 2.31. The number of rotatable bonds is 6. The molecule has 0 radical (unpaired) electrons. The van der Waals surface area contributed by atoms with Gasteiger partial charge in [-0.3, -0.25) is 4.68 Å². The summed E-state index contributed by atoms with van der Waals surface area (Å²) in [6.45, 7) is 5.86. The van der Waals surface area contributed by atoms with E-state index in [2.05, 4.69) is 5.10 Å². The van der Waals surface area contributed by atoms with E-state index in [9.17, 15) is 18.5 Å². The predicted molar refractivity (Wildman–Crippen MR) is 93.5 cm³/mol. The second-order valence-corrected chi connectivity index (χ2v) is 8.47. The Labute approximate surface area is 148 Å². The van der Waals surface area contributed by atoms with Gasteiger partial charge in [-0.15, -0.1) is 0 Å². The molecule has 136 valence electrons. The summed E-state index contributed by atoms with van der Waals surface area (Å²) < 4.78 is 30.2. The van der Waals surface area contributed by atoms with Crippen molar-refractivity contribution in [2.75, 3.05) is 18.1 Å². The van der Waals surface area contributed by atoms with Crippen molar-refractivity contribution < 1.29 is 17.9 Å². The first-order valence-electron chi connectivity index (χ1n) is 8.34. The number of hydrogen-bond acceptors (Lipinski definition) is 6. The number of carbonyl (C=O) groups is 1. The molecule has 1 fully saturated rings. The van der Waals surface area contributed by atoms with E-state index in [0.29, 0.717) is 17.7 Å². The molecule has 1 aliphatic rings. The number of esters is 1. The van der Waals surface area contributed by atoms with Gasteiger partial charge in [0.1, 0.15) is 11.6 Å². The molecule has 1 atom stereocenters. The van der Waals surface area contributed by atoms with E-state index in [1.165, 1.54) is 6.08 Å². The van der Waals surface area contributed by atoms with Crippen molar-refractivity contribution in [2.24, 2.45) is 0 Å². The number of nitriles is 1. The van der Waals surface area contributed by atoms with Gasteiger partial charge in [-0.05, 0) is 32.8 Å². The van der Waals surface area contributed by atoms with E-state index in [-0.39, 0.29) is 29.7 Å². The van der Waals surface area contributed by atoms with E-state index in [1.807, 2.05) is 19.9 Å². The van der Waals surface area contributed by atoms with Crippen LogP contribution in [0, 0.1) is 25.2 Å². The zero-order valence-electron chi connectivity index (χ0n) is 14.8. The summed E-state index contributed by atoms with van der Waals surface area (Å²) in [5, 5.41) is 13.7. The van der Waals surface area contributed by atoms with Gasteiger partial charge in [0.25, 0.3) is 0 Å². The number of nitrogens with zero attached hydrogens (tertiary/aromatic N) is 3. The Bertz CT molecular complexity index is 831. The SMILES string of the molecule is CCCCOC(=O)/C(C#N)=C/c1c(C)nn([C@@H]2CCS(=O)(=O)C2)c1C. The fourth-order valence-electron chi connectivity index (χ4n) is 2.88. The van der Waals surface area contributed by atoms with Crippen molar-refractivity contribution in [1.29, 1.82) is 5.26 Å². The van der Waals surface area contributed by atoms with Gasteiger partial charge in [0, 0.05) is 11.3 Å². The van der Waals surface area contributed by atoms with Crippen molar-refractivity contribution in [3.8, 4) is 6.07 Å². The van der Waals surface area contributed by atoms with E-state index >= 15 is 0 Å². The van der Waals surface area contributed by atoms with Crippen LogP contribution in [0.3, 0.4) is 0 Å². The minimum atomic E-state index is -3.02. The molecule has 0 aliphatic carbocycles. The summed E-state index contributed by atoms with van der Waals surface area (Å²) in [6.07, 6.45) is 3.65. The minimum absolute atomic E-state index is 0.0717. The molecular formula is C17H23N3O4S. The van der Waals surface area contributed by atoms with Gasteiger partial charge < -0.3 is 4.74 Å². The fraction of sp³-hybridized carbons (Fsp3) is 0.588. The number of ether oxygens (including phenoxy) is 1. The topological polar surface area (TPSA) is 102 Å². The zero-order chi connectivity index (χ0) is 18.6. The highest BCUT2D eigenvalue weighted by Crippen LogP contribution is 2.27. The maximum absolute atomic E-state index is 12.0. The quantitative estimate of drug-likeness (QED) is 0.331. The maximum atomic E-state index is 12.0. The molecule has 0 amide bonds. The Balaban J connectivity index is 2.27. The number of unbranched alkanes of at least 4 members (excludes halogenated alkanes) is 1. The molecule has 1 aromatic heterocycles. The third kappa shape index (κ3) is 4.48. The standard InChI is InChI=1S/C17H23N3O4S/c1-4-5-7-24-17(21)14(10-18)9-16-12(2)19-20(13(16)3)15-6-8-25(22,23)11-15/h9,15H,4-8,11H2,1-3H3/b14-9+/t15-/m1/s1. The summed E-state index contributed by atoms with van der Waals surface area (Å²) in [7, 11) is -3.02. The second-order valence-electron chi connectivity index (χ2n) is 6.25. The second kappa shape index (κ2) is 7.83. The monoisotopic (exact) mass is 365 g/mol. The lowest BCUT2D eigenvalue weighted by Gasteiger charge is -2.11. The van der Waals surface area contributed by atoms with E-state index in [0.717, 1.165) is 18.5 Å². The number of carbonyl (C=O) groups excluding carboxylic acids is 1. The number of aromatic nitrogens is 2. The molecule has 8 heteroatoms. The average molecular weight is 365 g/mol. The van der Waals surface area contributed by atoms with Crippen LogP contribution in [-0.2, 0) is 19.4 Å².